The van der Waals surface area contributed by atoms with Crippen LogP contribution in [0.5, 0.6) is 0 Å². The van der Waals surface area contributed by atoms with Gasteiger partial charge >= 0.3 is 0 Å². The molecule has 3 rings (SSSR count). The monoisotopic (exact) mass is 318 g/mol. The number of aromatic nitrogens is 2. The zero-order valence-electron chi connectivity index (χ0n) is 13.0. The Balaban J connectivity index is 1.90. The minimum atomic E-state index is -0.187. The van der Waals surface area contributed by atoms with Gasteiger partial charge in [0, 0.05) is 5.69 Å². The molecule has 8 heteroatoms. The lowest BCUT2D eigenvalue weighted by Crippen LogP contribution is -2.89. The summed E-state index contributed by atoms with van der Waals surface area (Å²) in [6.07, 6.45) is 0.359. The topological polar surface area (TPSA) is 122 Å². The van der Waals surface area contributed by atoms with E-state index in [4.69, 9.17) is 0 Å². The third kappa shape index (κ3) is 3.49. The van der Waals surface area contributed by atoms with Crippen LogP contribution in [0.3, 0.4) is 0 Å². The molecule has 1 aromatic carbocycles. The maximum atomic E-state index is 12.4. The van der Waals surface area contributed by atoms with Gasteiger partial charge in [-0.05, 0) is 18.2 Å². The summed E-state index contributed by atoms with van der Waals surface area (Å²) in [6, 6.07) is 5.20. The molecule has 122 valence electrons. The predicted octanol–water partition coefficient (Wildman–Crippen LogP) is -2.12. The van der Waals surface area contributed by atoms with Crippen molar-refractivity contribution in [3.8, 4) is 0 Å². The number of nitrogens with one attached hydrogen (secondary N) is 2. The van der Waals surface area contributed by atoms with Crippen LogP contribution in [-0.4, -0.2) is 48.6 Å². The van der Waals surface area contributed by atoms with Crippen molar-refractivity contribution in [2.45, 2.75) is 6.42 Å². The molecule has 0 saturated carbocycles. The second-order valence-electron chi connectivity index (χ2n) is 5.63. The van der Waals surface area contributed by atoms with Gasteiger partial charge in [0.25, 0.3) is 5.56 Å². The highest BCUT2D eigenvalue weighted by Gasteiger charge is 2.16. The van der Waals surface area contributed by atoms with Crippen molar-refractivity contribution in [2.75, 3.05) is 42.9 Å². The summed E-state index contributed by atoms with van der Waals surface area (Å²) < 4.78 is 0. The van der Waals surface area contributed by atoms with Crippen LogP contribution in [0.1, 0.15) is 6.42 Å². The van der Waals surface area contributed by atoms with Crippen molar-refractivity contribution in [3.63, 3.8) is 0 Å². The fourth-order valence-electron chi connectivity index (χ4n) is 2.70. The quantitative estimate of drug-likeness (QED) is 0.514. The number of benzene rings is 1. The van der Waals surface area contributed by atoms with Crippen LogP contribution in [-0.2, 0) is 4.79 Å². The average molecular weight is 318 g/mol. The van der Waals surface area contributed by atoms with Gasteiger partial charge < -0.3 is 21.3 Å². The van der Waals surface area contributed by atoms with Crippen LogP contribution in [0.25, 0.3) is 10.9 Å². The molecule has 0 atom stereocenters. The van der Waals surface area contributed by atoms with E-state index in [-0.39, 0.29) is 11.5 Å². The molecule has 2 heterocycles. The summed E-state index contributed by atoms with van der Waals surface area (Å²) >= 11 is 0. The van der Waals surface area contributed by atoms with E-state index in [9.17, 15) is 9.59 Å². The molecule has 7 N–H and O–H groups in total. The second kappa shape index (κ2) is 6.76. The van der Waals surface area contributed by atoms with Crippen LogP contribution < -0.4 is 26.8 Å². The first-order valence-electron chi connectivity index (χ1n) is 7.87. The van der Waals surface area contributed by atoms with E-state index < -0.39 is 0 Å². The lowest BCUT2D eigenvalue weighted by Gasteiger charge is -2.25. The highest BCUT2D eigenvalue weighted by atomic mass is 16.1. The van der Waals surface area contributed by atoms with Crippen LogP contribution in [0.15, 0.2) is 23.0 Å². The lowest BCUT2D eigenvalue weighted by molar-refractivity contribution is -0.655. The first-order valence-corrected chi connectivity index (χ1v) is 7.87. The molecule has 0 aliphatic carbocycles. The van der Waals surface area contributed by atoms with E-state index in [1.54, 1.807) is 18.2 Å². The Labute approximate surface area is 133 Å². The maximum Gasteiger partial charge on any atom is 0.260 e. The van der Waals surface area contributed by atoms with Crippen molar-refractivity contribution in [3.05, 3.63) is 28.6 Å². The fraction of sp³-hybridized carbons (Fsp3) is 0.400. The Morgan fingerprint density at radius 3 is 2.91 bits per heavy atom. The number of carbonyl (C=O) groups excluding carboxylic acids is 1. The van der Waals surface area contributed by atoms with Crippen molar-refractivity contribution < 1.29 is 15.8 Å². The van der Waals surface area contributed by atoms with Crippen molar-refractivity contribution in [1.29, 1.82) is 0 Å². The first kappa shape index (κ1) is 15.4. The van der Waals surface area contributed by atoms with E-state index in [1.807, 2.05) is 0 Å². The van der Waals surface area contributed by atoms with E-state index in [0.29, 0.717) is 35.5 Å². The molecule has 8 nitrogen and oxygen atoms in total. The van der Waals surface area contributed by atoms with Crippen LogP contribution in [0.4, 0.5) is 11.6 Å². The second-order valence-corrected chi connectivity index (χ2v) is 5.63. The van der Waals surface area contributed by atoms with Crippen molar-refractivity contribution in [1.82, 2.24) is 9.97 Å². The number of hydrogen-bond acceptors (Lipinski definition) is 4. The number of piperazine rings is 1. The van der Waals surface area contributed by atoms with Gasteiger partial charge in [-0.25, -0.2) is 4.98 Å². The van der Waals surface area contributed by atoms with Crippen LogP contribution in [0, 0.1) is 0 Å². The van der Waals surface area contributed by atoms with E-state index in [1.165, 1.54) is 0 Å². The maximum absolute atomic E-state index is 12.4. The molecule has 0 unspecified atom stereocenters. The molecule has 1 saturated heterocycles. The number of anilines is 2. The lowest BCUT2D eigenvalue weighted by atomic mass is 10.2. The zero-order chi connectivity index (χ0) is 16.2. The highest BCUT2D eigenvalue weighted by Crippen LogP contribution is 2.17. The summed E-state index contributed by atoms with van der Waals surface area (Å²) in [5.74, 6) is 0.509. The minimum absolute atomic E-state index is 0.107. The number of fused-ring (bicyclic) bond motifs is 1. The Morgan fingerprint density at radius 1 is 1.39 bits per heavy atom. The van der Waals surface area contributed by atoms with Gasteiger partial charge in [0.2, 0.25) is 11.9 Å². The van der Waals surface area contributed by atoms with E-state index in [0.717, 1.165) is 26.2 Å². The molecule has 0 radical (unpaired) electrons. The molecule has 1 aromatic heterocycles. The first-order chi connectivity index (χ1) is 11.2. The number of aromatic amines is 1. The summed E-state index contributed by atoms with van der Waals surface area (Å²) in [6.45, 7) is 4.28. The summed E-state index contributed by atoms with van der Waals surface area (Å²) in [5.41, 5.74) is 4.70. The standard InChI is InChI=1S/C15H20N6O2/c16-4-3-13(22)18-10-1-2-12-11(9-10)14(23)20-15(19-12)21-7-5-17-6-8-21/h1-2,9,17H,3-8,16H2,(H,18,22)(H,19,20,23)/p+2. The Bertz CT molecular complexity index is 766. The number of hydrogen-bond donors (Lipinski definition) is 4. The van der Waals surface area contributed by atoms with E-state index >= 15 is 0 Å². The minimum Gasteiger partial charge on any atom is -0.357 e. The number of rotatable bonds is 4. The highest BCUT2D eigenvalue weighted by molar-refractivity contribution is 5.93. The molecule has 1 amide bonds. The van der Waals surface area contributed by atoms with E-state index in [2.05, 4.69) is 31.2 Å². The Hall–Kier alpha value is -2.45. The predicted molar refractivity (Wildman–Crippen MR) is 87.2 cm³/mol. The molecule has 2 aromatic rings. The number of nitrogens with zero attached hydrogens (tertiary/aromatic N) is 2. The smallest absolute Gasteiger partial charge is 0.260 e. The molecule has 23 heavy (non-hydrogen) atoms. The van der Waals surface area contributed by atoms with Gasteiger partial charge in [-0.3, -0.25) is 14.6 Å². The number of nitrogens with two attached hydrogens (primary N) is 1. The third-order valence-electron chi connectivity index (χ3n) is 3.89. The van der Waals surface area contributed by atoms with Crippen molar-refractivity contribution >= 4 is 28.4 Å². The third-order valence-corrected chi connectivity index (χ3v) is 3.89. The Kier molecular flexibility index (Phi) is 4.54. The van der Waals surface area contributed by atoms with Gasteiger partial charge in [0.05, 0.1) is 50.0 Å². The van der Waals surface area contributed by atoms with Gasteiger partial charge in [-0.2, -0.15) is 0 Å². The van der Waals surface area contributed by atoms with Gasteiger partial charge in [0.1, 0.15) is 0 Å². The summed E-state index contributed by atoms with van der Waals surface area (Å²) in [5, 5.41) is 5.49. The van der Waals surface area contributed by atoms with Gasteiger partial charge in [-0.15, -0.1) is 0 Å². The van der Waals surface area contributed by atoms with Crippen LogP contribution in [0.2, 0.25) is 0 Å². The molecule has 1 aliphatic rings. The number of carbonyl (C=O) groups is 1. The SMILES string of the molecule is [NH3+]CCC(=O)Nc1ccc2nc(N3CC[NH2+]CC3)[nH]c(=O)c2c1. The largest absolute Gasteiger partial charge is 0.357 e. The van der Waals surface area contributed by atoms with Crippen LogP contribution >= 0.6 is 0 Å². The van der Waals surface area contributed by atoms with Gasteiger partial charge in [-0.1, -0.05) is 0 Å². The number of amides is 1. The summed E-state index contributed by atoms with van der Waals surface area (Å²) in [7, 11) is 0. The molecule has 1 aliphatic heterocycles. The van der Waals surface area contributed by atoms with Gasteiger partial charge in [0.15, 0.2) is 0 Å². The molecule has 0 spiro atoms. The molecular weight excluding hydrogens is 296 g/mol. The number of quaternary nitrogens is 2. The summed E-state index contributed by atoms with van der Waals surface area (Å²) in [4.78, 5) is 33.5. The molecular formula is C15H22N6O2+2. The average Bonchev–Trinajstić information content (AvgIpc) is 2.56. The molecule has 1 fully saturated rings. The number of H-pyrrole nitrogens is 1. The molecule has 0 bridgehead atoms. The zero-order valence-corrected chi connectivity index (χ0v) is 13.0. The van der Waals surface area contributed by atoms with Crippen molar-refractivity contribution in [2.24, 2.45) is 0 Å². The fourth-order valence-corrected chi connectivity index (χ4v) is 2.70. The normalized spacial score (nSPS) is 14.9. The Morgan fingerprint density at radius 2 is 2.17 bits per heavy atom.